The molecule has 0 aliphatic carbocycles. The van der Waals surface area contributed by atoms with E-state index in [1.165, 1.54) is 0 Å². The average molecular weight is 607 g/mol. The maximum Gasteiger partial charge on any atom is 0.338 e. The van der Waals surface area contributed by atoms with E-state index in [1.54, 1.807) is 55.6 Å². The van der Waals surface area contributed by atoms with Crippen molar-refractivity contribution < 1.29 is 42.7 Å². The molecule has 10 heteroatoms. The van der Waals surface area contributed by atoms with Gasteiger partial charge in [0, 0.05) is 20.2 Å². The smallest absolute Gasteiger partial charge is 0.338 e. The molecular weight excluding hydrogens is 568 g/mol. The van der Waals surface area contributed by atoms with Crippen molar-refractivity contribution in [3.05, 3.63) is 102 Å². The summed E-state index contributed by atoms with van der Waals surface area (Å²) in [4.78, 5) is 26.8. The third kappa shape index (κ3) is 7.90. The lowest BCUT2D eigenvalue weighted by Crippen LogP contribution is -2.64. The largest absolute Gasteiger partial charge is 0.497 e. The lowest BCUT2D eigenvalue weighted by Gasteiger charge is -2.48. The van der Waals surface area contributed by atoms with Gasteiger partial charge in [0.2, 0.25) is 0 Å². The van der Waals surface area contributed by atoms with Crippen molar-refractivity contribution in [3.63, 3.8) is 0 Å². The first-order chi connectivity index (χ1) is 20.7. The van der Waals surface area contributed by atoms with Gasteiger partial charge in [-0.05, 0) is 42.4 Å². The molecule has 3 aromatic carbocycles. The number of hydrogen-bond donors (Lipinski definition) is 0. The third-order valence-electron chi connectivity index (χ3n) is 7.31. The zero-order chi connectivity index (χ0) is 30.4. The average Bonchev–Trinajstić information content (AvgIpc) is 3.02. The Balaban J connectivity index is 1.46. The van der Waals surface area contributed by atoms with Crippen LogP contribution in [-0.2, 0) is 28.4 Å². The van der Waals surface area contributed by atoms with Gasteiger partial charge in [0.05, 0.1) is 24.8 Å². The second-order valence-electron chi connectivity index (χ2n) is 11.7. The van der Waals surface area contributed by atoms with E-state index in [0.717, 1.165) is 11.6 Å². The Bertz CT molecular complexity index is 1340. The molecular formula is C33H38O9Si. The van der Waals surface area contributed by atoms with Crippen LogP contribution in [0.4, 0.5) is 0 Å². The first kappa shape index (κ1) is 30.9. The van der Waals surface area contributed by atoms with Crippen LogP contribution in [0.5, 0.6) is 5.75 Å². The van der Waals surface area contributed by atoms with E-state index in [1.807, 2.05) is 36.4 Å². The molecule has 6 atom stereocenters. The van der Waals surface area contributed by atoms with E-state index in [0.29, 0.717) is 23.5 Å². The van der Waals surface area contributed by atoms with Gasteiger partial charge in [0.25, 0.3) is 0 Å². The van der Waals surface area contributed by atoms with E-state index in [-0.39, 0.29) is 6.61 Å². The highest BCUT2D eigenvalue weighted by atomic mass is 28.3. The molecule has 2 aliphatic rings. The number of benzene rings is 3. The molecule has 43 heavy (non-hydrogen) atoms. The zero-order valence-corrected chi connectivity index (χ0v) is 25.8. The Morgan fingerprint density at radius 3 is 1.93 bits per heavy atom. The summed E-state index contributed by atoms with van der Waals surface area (Å²) < 4.78 is 42.5. The number of hydrogen-bond acceptors (Lipinski definition) is 9. The quantitative estimate of drug-likeness (QED) is 0.214. The molecule has 228 valence electrons. The van der Waals surface area contributed by atoms with Crippen molar-refractivity contribution in [2.75, 3.05) is 20.3 Å². The highest BCUT2D eigenvalue weighted by Gasteiger charge is 2.54. The van der Waals surface area contributed by atoms with Crippen LogP contribution in [-0.4, -0.2) is 71.0 Å². The Morgan fingerprint density at radius 1 is 0.791 bits per heavy atom. The van der Waals surface area contributed by atoms with Crippen LogP contribution in [0, 0.1) is 0 Å². The minimum atomic E-state index is -1.46. The maximum absolute atomic E-state index is 13.4. The van der Waals surface area contributed by atoms with Crippen molar-refractivity contribution >= 4 is 20.0 Å². The van der Waals surface area contributed by atoms with Crippen LogP contribution in [0.1, 0.15) is 32.6 Å². The lowest BCUT2D eigenvalue weighted by atomic mass is 9.97. The zero-order valence-electron chi connectivity index (χ0n) is 24.8. The van der Waals surface area contributed by atoms with E-state index < -0.39 is 57.0 Å². The van der Waals surface area contributed by atoms with Crippen LogP contribution in [0.15, 0.2) is 84.9 Å². The summed E-state index contributed by atoms with van der Waals surface area (Å²) >= 11 is 0. The van der Waals surface area contributed by atoms with Gasteiger partial charge >= 0.3 is 11.9 Å². The molecule has 9 nitrogen and oxygen atoms in total. The summed E-state index contributed by atoms with van der Waals surface area (Å²) in [6.07, 6.45) is -5.42. The first-order valence-electron chi connectivity index (χ1n) is 14.4. The van der Waals surface area contributed by atoms with Gasteiger partial charge in [-0.15, -0.1) is 0 Å². The van der Waals surface area contributed by atoms with Crippen LogP contribution in [0.25, 0.3) is 0 Å². The van der Waals surface area contributed by atoms with Crippen molar-refractivity contribution in [1.29, 1.82) is 0 Å². The molecule has 1 unspecified atom stereocenters. The summed E-state index contributed by atoms with van der Waals surface area (Å²) in [5.41, 5.74) is 1.45. The van der Waals surface area contributed by atoms with E-state index >= 15 is 0 Å². The van der Waals surface area contributed by atoms with Crippen molar-refractivity contribution in [2.45, 2.75) is 62.7 Å². The van der Waals surface area contributed by atoms with Crippen LogP contribution in [0.2, 0.25) is 25.7 Å². The molecule has 2 heterocycles. The van der Waals surface area contributed by atoms with Gasteiger partial charge in [0.15, 0.2) is 24.8 Å². The van der Waals surface area contributed by atoms with E-state index in [9.17, 15) is 9.59 Å². The number of esters is 2. The van der Waals surface area contributed by atoms with Gasteiger partial charge in [0.1, 0.15) is 18.0 Å². The molecule has 2 aliphatic heterocycles. The van der Waals surface area contributed by atoms with Crippen molar-refractivity contribution in [3.8, 4) is 5.75 Å². The molecule has 2 fully saturated rings. The molecule has 0 aromatic heterocycles. The first-order valence-corrected chi connectivity index (χ1v) is 18.1. The normalized spacial score (nSPS) is 25.3. The summed E-state index contributed by atoms with van der Waals surface area (Å²) in [6.45, 7) is 7.27. The Morgan fingerprint density at radius 2 is 1.37 bits per heavy atom. The summed E-state index contributed by atoms with van der Waals surface area (Å²) in [5, 5.41) is 0. The van der Waals surface area contributed by atoms with Crippen molar-refractivity contribution in [1.82, 2.24) is 0 Å². The highest BCUT2D eigenvalue weighted by Crippen LogP contribution is 2.38. The fraction of sp³-hybridized carbons (Fsp3) is 0.394. The Labute approximate surface area is 253 Å². The number of rotatable bonds is 10. The second kappa shape index (κ2) is 13.8. The van der Waals surface area contributed by atoms with E-state index in [2.05, 4.69) is 19.6 Å². The second-order valence-corrected chi connectivity index (χ2v) is 17.4. The summed E-state index contributed by atoms with van der Waals surface area (Å²) in [5.74, 6) is -0.478. The fourth-order valence-electron chi connectivity index (χ4n) is 4.88. The van der Waals surface area contributed by atoms with Gasteiger partial charge in [-0.2, -0.15) is 0 Å². The predicted octanol–water partition coefficient (Wildman–Crippen LogP) is 5.64. The van der Waals surface area contributed by atoms with Crippen molar-refractivity contribution in [2.24, 2.45) is 0 Å². The van der Waals surface area contributed by atoms with E-state index in [4.69, 9.17) is 33.2 Å². The van der Waals surface area contributed by atoms with Gasteiger partial charge < -0.3 is 33.2 Å². The topological polar surface area (TPSA) is 98.8 Å². The van der Waals surface area contributed by atoms with Gasteiger partial charge in [-0.1, -0.05) is 68.2 Å². The van der Waals surface area contributed by atoms with Crippen LogP contribution in [0.3, 0.4) is 0 Å². The van der Waals surface area contributed by atoms with Crippen LogP contribution < -0.4 is 4.74 Å². The molecule has 2 saturated heterocycles. The number of carbonyl (C=O) groups is 2. The molecule has 0 saturated carbocycles. The summed E-state index contributed by atoms with van der Waals surface area (Å²) in [7, 11) is 0.139. The summed E-state index contributed by atoms with van der Waals surface area (Å²) in [6, 6.07) is 25.4. The minimum absolute atomic E-state index is 0.147. The SMILES string of the molecule is COc1ccc(C2OC[C@H]3O[C@@H](OCC[Si](C)(C)C)[C@H](OC(=O)c4ccccc4)[C@@H](OC(=O)c4ccccc4)[C@@H]3O2)cc1. The molecule has 0 bridgehead atoms. The molecule has 0 radical (unpaired) electrons. The number of fused-ring (bicyclic) bond motifs is 1. The molecule has 5 rings (SSSR count). The Hall–Kier alpha value is -3.54. The van der Waals surface area contributed by atoms with Gasteiger partial charge in [-0.3, -0.25) is 0 Å². The number of methoxy groups -OCH3 is 1. The monoisotopic (exact) mass is 606 g/mol. The number of ether oxygens (including phenoxy) is 7. The molecule has 3 aromatic rings. The fourth-order valence-corrected chi connectivity index (χ4v) is 5.61. The predicted molar refractivity (Wildman–Crippen MR) is 161 cm³/mol. The molecule has 0 N–H and O–H groups in total. The molecule has 0 amide bonds. The molecule has 0 spiro atoms. The standard InChI is InChI=1S/C33H38O9Si/c1-36-25-17-15-24(16-18-25)32-38-21-26-27(42-32)28(40-30(34)22-11-7-5-8-12-22)29(33(39-26)37-19-20-43(2,3)4)41-31(35)23-13-9-6-10-14-23/h5-18,26-29,32-33H,19-21H2,1-4H3/t26-,27-,28+,29-,32?,33-/m1/s1. The minimum Gasteiger partial charge on any atom is -0.497 e. The van der Waals surface area contributed by atoms with Gasteiger partial charge in [-0.25, -0.2) is 9.59 Å². The van der Waals surface area contributed by atoms with Crippen LogP contribution >= 0.6 is 0 Å². The lowest BCUT2D eigenvalue weighted by molar-refractivity contribution is -0.359. The Kier molecular flexibility index (Phi) is 9.94. The maximum atomic E-state index is 13.4. The number of carbonyl (C=O) groups excluding carboxylic acids is 2. The third-order valence-corrected chi connectivity index (χ3v) is 9.02. The highest BCUT2D eigenvalue weighted by molar-refractivity contribution is 6.76.